The first-order valence-electron chi connectivity index (χ1n) is 6.43. The van der Waals surface area contributed by atoms with Gasteiger partial charge in [-0.15, -0.1) is 11.3 Å². The molecule has 0 saturated carbocycles. The normalized spacial score (nSPS) is 12.4. The molecule has 0 aliphatic heterocycles. The lowest BCUT2D eigenvalue weighted by Crippen LogP contribution is -2.22. The maximum absolute atomic E-state index is 6.08. The molecule has 1 N–H and O–H groups in total. The Morgan fingerprint density at radius 2 is 2.05 bits per heavy atom. The second-order valence-corrected chi connectivity index (χ2v) is 6.21. The molecule has 2 rings (SSSR count). The number of hydrogen-bond donors (Lipinski definition) is 1. The number of methoxy groups -OCH3 is 1. The third kappa shape index (κ3) is 3.89. The van der Waals surface area contributed by atoms with Crippen molar-refractivity contribution >= 4 is 34.5 Å². The third-order valence-corrected chi connectivity index (χ3v) is 4.81. The van der Waals surface area contributed by atoms with Crippen LogP contribution in [0.2, 0.25) is 10.0 Å². The molecular weight excluding hydrogens is 313 g/mol. The van der Waals surface area contributed by atoms with Gasteiger partial charge in [-0.2, -0.15) is 0 Å². The van der Waals surface area contributed by atoms with Crippen LogP contribution in [0.25, 0.3) is 0 Å². The van der Waals surface area contributed by atoms with Crippen LogP contribution in [0.4, 0.5) is 0 Å². The second-order valence-electron chi connectivity index (χ2n) is 4.45. The van der Waals surface area contributed by atoms with E-state index in [4.69, 9.17) is 27.9 Å². The number of benzene rings is 1. The molecule has 1 atom stereocenters. The SMILES string of the molecule is CCNC(Cc1ccc(Cl)c(Cl)c1)c1cc(OC)cs1. The van der Waals surface area contributed by atoms with Gasteiger partial charge in [0.05, 0.1) is 17.2 Å². The predicted molar refractivity (Wildman–Crippen MR) is 87.5 cm³/mol. The fourth-order valence-electron chi connectivity index (χ4n) is 2.05. The van der Waals surface area contributed by atoms with Gasteiger partial charge in [0.15, 0.2) is 0 Å². The Morgan fingerprint density at radius 3 is 2.65 bits per heavy atom. The highest BCUT2D eigenvalue weighted by atomic mass is 35.5. The zero-order valence-corrected chi connectivity index (χ0v) is 13.8. The highest BCUT2D eigenvalue weighted by Gasteiger charge is 2.14. The summed E-state index contributed by atoms with van der Waals surface area (Å²) >= 11 is 13.7. The van der Waals surface area contributed by atoms with E-state index in [1.165, 1.54) is 4.88 Å². The van der Waals surface area contributed by atoms with Gasteiger partial charge in [-0.05, 0) is 36.7 Å². The molecule has 1 unspecified atom stereocenters. The summed E-state index contributed by atoms with van der Waals surface area (Å²) in [5.41, 5.74) is 1.16. The summed E-state index contributed by atoms with van der Waals surface area (Å²) in [5.74, 6) is 0.905. The lowest BCUT2D eigenvalue weighted by Gasteiger charge is -2.16. The van der Waals surface area contributed by atoms with Crippen molar-refractivity contribution < 1.29 is 4.74 Å². The van der Waals surface area contributed by atoms with E-state index in [-0.39, 0.29) is 6.04 Å². The Balaban J connectivity index is 2.18. The first-order valence-corrected chi connectivity index (χ1v) is 8.07. The minimum Gasteiger partial charge on any atom is -0.496 e. The van der Waals surface area contributed by atoms with Crippen LogP contribution in [0.5, 0.6) is 5.75 Å². The topological polar surface area (TPSA) is 21.3 Å². The molecule has 0 bridgehead atoms. The molecule has 1 aromatic carbocycles. The molecule has 1 heterocycles. The van der Waals surface area contributed by atoms with E-state index in [0.717, 1.165) is 24.3 Å². The maximum atomic E-state index is 6.08. The van der Waals surface area contributed by atoms with Crippen molar-refractivity contribution in [2.24, 2.45) is 0 Å². The number of nitrogens with one attached hydrogen (secondary N) is 1. The van der Waals surface area contributed by atoms with Crippen LogP contribution in [-0.4, -0.2) is 13.7 Å². The fourth-order valence-corrected chi connectivity index (χ4v) is 3.30. The van der Waals surface area contributed by atoms with Crippen molar-refractivity contribution in [1.82, 2.24) is 5.32 Å². The van der Waals surface area contributed by atoms with Gasteiger partial charge >= 0.3 is 0 Å². The Labute approximate surface area is 133 Å². The summed E-state index contributed by atoms with van der Waals surface area (Å²) in [4.78, 5) is 1.26. The number of halogens is 2. The summed E-state index contributed by atoms with van der Waals surface area (Å²) < 4.78 is 5.25. The third-order valence-electron chi connectivity index (χ3n) is 3.05. The van der Waals surface area contributed by atoms with Crippen LogP contribution < -0.4 is 10.1 Å². The van der Waals surface area contributed by atoms with Crippen molar-refractivity contribution in [2.75, 3.05) is 13.7 Å². The average Bonchev–Trinajstić information content (AvgIpc) is 2.91. The van der Waals surface area contributed by atoms with Gasteiger partial charge in [-0.1, -0.05) is 36.2 Å². The predicted octanol–water partition coefficient (Wildman–Crippen LogP) is 4.96. The van der Waals surface area contributed by atoms with E-state index < -0.39 is 0 Å². The van der Waals surface area contributed by atoms with Gasteiger partial charge in [0.1, 0.15) is 5.75 Å². The summed E-state index contributed by atoms with van der Waals surface area (Å²) in [6.07, 6.45) is 0.869. The van der Waals surface area contributed by atoms with Gasteiger partial charge in [0, 0.05) is 16.3 Å². The highest BCUT2D eigenvalue weighted by Crippen LogP contribution is 2.30. The number of rotatable bonds is 6. The maximum Gasteiger partial charge on any atom is 0.129 e. The molecule has 0 aliphatic carbocycles. The van der Waals surface area contributed by atoms with Crippen molar-refractivity contribution in [3.8, 4) is 5.75 Å². The smallest absolute Gasteiger partial charge is 0.129 e. The minimum atomic E-state index is 0.256. The first-order chi connectivity index (χ1) is 9.63. The molecule has 0 fully saturated rings. The molecule has 0 aliphatic rings. The summed E-state index contributed by atoms with van der Waals surface area (Å²) in [5, 5.41) is 6.71. The molecule has 5 heteroatoms. The van der Waals surface area contributed by atoms with E-state index in [1.54, 1.807) is 18.4 Å². The van der Waals surface area contributed by atoms with Crippen LogP contribution in [0.3, 0.4) is 0 Å². The van der Waals surface area contributed by atoms with E-state index in [2.05, 4.69) is 18.3 Å². The summed E-state index contributed by atoms with van der Waals surface area (Å²) in [7, 11) is 1.69. The van der Waals surface area contributed by atoms with Gasteiger partial charge in [-0.25, -0.2) is 0 Å². The van der Waals surface area contributed by atoms with Gasteiger partial charge < -0.3 is 10.1 Å². The zero-order chi connectivity index (χ0) is 14.5. The van der Waals surface area contributed by atoms with Gasteiger partial charge in [-0.3, -0.25) is 0 Å². The van der Waals surface area contributed by atoms with E-state index in [1.807, 2.05) is 23.6 Å². The first kappa shape index (κ1) is 15.6. The minimum absolute atomic E-state index is 0.256. The Hall–Kier alpha value is -0.740. The largest absolute Gasteiger partial charge is 0.496 e. The number of thiophene rings is 1. The molecule has 0 saturated heterocycles. The molecule has 0 amide bonds. The molecule has 2 nitrogen and oxygen atoms in total. The van der Waals surface area contributed by atoms with Crippen molar-refractivity contribution in [2.45, 2.75) is 19.4 Å². The average molecular weight is 330 g/mol. The Kier molecular flexibility index (Phi) is 5.73. The molecule has 0 spiro atoms. The van der Waals surface area contributed by atoms with Crippen LogP contribution in [-0.2, 0) is 6.42 Å². The van der Waals surface area contributed by atoms with Crippen molar-refractivity contribution in [1.29, 1.82) is 0 Å². The van der Waals surface area contributed by atoms with Crippen molar-refractivity contribution in [3.05, 3.63) is 50.1 Å². The zero-order valence-electron chi connectivity index (χ0n) is 11.5. The summed E-state index contributed by atoms with van der Waals surface area (Å²) in [6, 6.07) is 8.13. The lowest BCUT2D eigenvalue weighted by atomic mass is 10.0. The highest BCUT2D eigenvalue weighted by molar-refractivity contribution is 7.10. The van der Waals surface area contributed by atoms with E-state index >= 15 is 0 Å². The standard InChI is InChI=1S/C15H17Cl2NOS/c1-3-18-14(15-8-11(19-2)9-20-15)7-10-4-5-12(16)13(17)6-10/h4-6,8-9,14,18H,3,7H2,1-2H3. The molecular formula is C15H17Cl2NOS. The molecule has 2 aromatic rings. The van der Waals surface area contributed by atoms with E-state index in [9.17, 15) is 0 Å². The second kappa shape index (κ2) is 7.32. The molecule has 108 valence electrons. The van der Waals surface area contributed by atoms with Crippen LogP contribution >= 0.6 is 34.5 Å². The molecule has 0 radical (unpaired) electrons. The Morgan fingerprint density at radius 1 is 1.25 bits per heavy atom. The number of likely N-dealkylation sites (N-methyl/N-ethyl adjacent to an activating group) is 1. The van der Waals surface area contributed by atoms with Crippen LogP contribution in [0, 0.1) is 0 Å². The monoisotopic (exact) mass is 329 g/mol. The number of ether oxygens (including phenoxy) is 1. The quantitative estimate of drug-likeness (QED) is 0.808. The number of hydrogen-bond acceptors (Lipinski definition) is 3. The van der Waals surface area contributed by atoms with Gasteiger partial charge in [0.2, 0.25) is 0 Å². The lowest BCUT2D eigenvalue weighted by molar-refractivity contribution is 0.415. The van der Waals surface area contributed by atoms with Crippen LogP contribution in [0.1, 0.15) is 23.4 Å². The fraction of sp³-hybridized carbons (Fsp3) is 0.333. The molecule has 20 heavy (non-hydrogen) atoms. The molecule has 1 aromatic heterocycles. The Bertz CT molecular complexity index is 571. The van der Waals surface area contributed by atoms with Crippen LogP contribution in [0.15, 0.2) is 29.6 Å². The van der Waals surface area contributed by atoms with E-state index in [0.29, 0.717) is 10.0 Å². The summed E-state index contributed by atoms with van der Waals surface area (Å²) in [6.45, 7) is 3.01. The van der Waals surface area contributed by atoms with Crippen molar-refractivity contribution in [3.63, 3.8) is 0 Å². The van der Waals surface area contributed by atoms with Gasteiger partial charge in [0.25, 0.3) is 0 Å².